The first-order valence-corrected chi connectivity index (χ1v) is 9.24. The molecule has 28 heavy (non-hydrogen) atoms. The normalized spacial score (nSPS) is 17.1. The monoisotopic (exact) mass is 496 g/mol. The second-order valence-corrected chi connectivity index (χ2v) is 6.78. The fraction of sp³-hybridized carbons (Fsp3) is 0.429. The van der Waals surface area contributed by atoms with Crippen LogP contribution in [0.25, 0.3) is 0 Å². The van der Waals surface area contributed by atoms with Crippen LogP contribution in [0.5, 0.6) is 5.88 Å². The Hall–Kier alpha value is -1.87. The van der Waals surface area contributed by atoms with Gasteiger partial charge in [0.1, 0.15) is 6.10 Å². The number of hydrogen-bond acceptors (Lipinski definition) is 4. The van der Waals surface area contributed by atoms with Crippen molar-refractivity contribution in [2.24, 2.45) is 4.99 Å². The van der Waals surface area contributed by atoms with Crippen molar-refractivity contribution in [3.8, 4) is 5.88 Å². The molecule has 7 heteroatoms. The second kappa shape index (κ2) is 10.6. The largest absolute Gasteiger partial charge is 0.481 e. The zero-order chi connectivity index (χ0) is 19.2. The van der Waals surface area contributed by atoms with Gasteiger partial charge >= 0.3 is 0 Å². The molecule has 6 nitrogen and oxygen atoms in total. The molecule has 0 spiro atoms. The molecular formula is C21H29IN4O2. The maximum Gasteiger partial charge on any atom is 0.212 e. The minimum Gasteiger partial charge on any atom is -0.481 e. The predicted octanol–water partition coefficient (Wildman–Crippen LogP) is 3.47. The topological polar surface area (TPSA) is 59.0 Å². The first kappa shape index (κ1) is 22.4. The Morgan fingerprint density at radius 1 is 1.32 bits per heavy atom. The first-order chi connectivity index (χ1) is 13.1. The van der Waals surface area contributed by atoms with E-state index in [1.165, 1.54) is 16.7 Å². The lowest BCUT2D eigenvalue weighted by molar-refractivity contribution is -0.00834. The van der Waals surface area contributed by atoms with Crippen LogP contribution in [0.1, 0.15) is 28.4 Å². The lowest BCUT2D eigenvalue weighted by Crippen LogP contribution is -2.48. The number of methoxy groups -OCH3 is 1. The van der Waals surface area contributed by atoms with Crippen molar-refractivity contribution in [2.45, 2.75) is 26.5 Å². The third kappa shape index (κ3) is 5.57. The number of nitrogens with one attached hydrogen (secondary N) is 1. The van der Waals surface area contributed by atoms with Gasteiger partial charge < -0.3 is 19.7 Å². The van der Waals surface area contributed by atoms with E-state index in [0.29, 0.717) is 19.0 Å². The van der Waals surface area contributed by atoms with Crippen LogP contribution in [0, 0.1) is 13.8 Å². The van der Waals surface area contributed by atoms with Gasteiger partial charge in [-0.05, 0) is 30.5 Å². The van der Waals surface area contributed by atoms with E-state index in [1.54, 1.807) is 7.11 Å². The second-order valence-electron chi connectivity index (χ2n) is 6.78. The zero-order valence-electron chi connectivity index (χ0n) is 16.9. The molecule has 3 rings (SSSR count). The number of aliphatic imine (C=N–C) groups is 1. The Labute approximate surface area is 184 Å². The summed E-state index contributed by atoms with van der Waals surface area (Å²) in [4.78, 5) is 11.0. The van der Waals surface area contributed by atoms with Gasteiger partial charge in [0.05, 0.1) is 20.3 Å². The number of halogens is 1. The summed E-state index contributed by atoms with van der Waals surface area (Å²) in [5, 5.41) is 3.43. The van der Waals surface area contributed by atoms with E-state index in [1.807, 2.05) is 25.4 Å². The van der Waals surface area contributed by atoms with E-state index >= 15 is 0 Å². The van der Waals surface area contributed by atoms with Crippen molar-refractivity contribution in [2.75, 3.05) is 33.9 Å². The summed E-state index contributed by atoms with van der Waals surface area (Å²) in [7, 11) is 3.43. The summed E-state index contributed by atoms with van der Waals surface area (Å²) in [6.45, 7) is 7.21. The van der Waals surface area contributed by atoms with Crippen molar-refractivity contribution in [1.82, 2.24) is 15.2 Å². The quantitative estimate of drug-likeness (QED) is 0.399. The minimum absolute atomic E-state index is 0. The van der Waals surface area contributed by atoms with E-state index in [9.17, 15) is 0 Å². The van der Waals surface area contributed by atoms with Crippen molar-refractivity contribution in [3.05, 3.63) is 58.8 Å². The van der Waals surface area contributed by atoms with Crippen LogP contribution in [0.15, 0.2) is 41.5 Å². The highest BCUT2D eigenvalue weighted by Crippen LogP contribution is 2.26. The number of ether oxygens (including phenoxy) is 2. The van der Waals surface area contributed by atoms with Gasteiger partial charge in [-0.2, -0.15) is 0 Å². The van der Waals surface area contributed by atoms with E-state index in [2.05, 4.69) is 52.2 Å². The van der Waals surface area contributed by atoms with Crippen LogP contribution < -0.4 is 10.1 Å². The van der Waals surface area contributed by atoms with Gasteiger partial charge in [0.25, 0.3) is 0 Å². The number of pyridine rings is 1. The maximum atomic E-state index is 6.05. The molecule has 0 saturated carbocycles. The fourth-order valence-electron chi connectivity index (χ4n) is 3.37. The highest BCUT2D eigenvalue weighted by atomic mass is 127. The Morgan fingerprint density at radius 3 is 2.79 bits per heavy atom. The molecule has 1 atom stereocenters. The van der Waals surface area contributed by atoms with Gasteiger partial charge in [0.15, 0.2) is 5.96 Å². The number of benzene rings is 1. The average molecular weight is 496 g/mol. The molecule has 152 valence electrons. The van der Waals surface area contributed by atoms with Gasteiger partial charge in [-0.1, -0.05) is 29.8 Å². The van der Waals surface area contributed by atoms with Crippen LogP contribution in [0.2, 0.25) is 0 Å². The third-order valence-electron chi connectivity index (χ3n) is 4.81. The SMILES string of the molecule is CN=C(NCc1ccc(OC)nc1)N1CCOC(c2ccc(C)cc2C)C1.I. The van der Waals surface area contributed by atoms with Gasteiger partial charge in [-0.3, -0.25) is 4.99 Å². The summed E-state index contributed by atoms with van der Waals surface area (Å²) >= 11 is 0. The number of hydrogen-bond donors (Lipinski definition) is 1. The Balaban J connectivity index is 0.00000280. The molecule has 1 fully saturated rings. The summed E-state index contributed by atoms with van der Waals surface area (Å²) in [6.07, 6.45) is 1.87. The highest BCUT2D eigenvalue weighted by molar-refractivity contribution is 14.0. The van der Waals surface area contributed by atoms with Crippen molar-refractivity contribution in [3.63, 3.8) is 0 Å². The lowest BCUT2D eigenvalue weighted by atomic mass is 10.00. The average Bonchev–Trinajstić information content (AvgIpc) is 2.69. The molecule has 1 aliphatic rings. The van der Waals surface area contributed by atoms with E-state index in [-0.39, 0.29) is 30.1 Å². The Bertz CT molecular complexity index is 795. The fourth-order valence-corrected chi connectivity index (χ4v) is 3.37. The molecular weight excluding hydrogens is 467 g/mol. The Morgan fingerprint density at radius 2 is 2.14 bits per heavy atom. The number of guanidine groups is 1. The van der Waals surface area contributed by atoms with Gasteiger partial charge in [-0.25, -0.2) is 4.98 Å². The van der Waals surface area contributed by atoms with Crippen molar-refractivity contribution >= 4 is 29.9 Å². The van der Waals surface area contributed by atoms with Gasteiger partial charge in [0.2, 0.25) is 5.88 Å². The van der Waals surface area contributed by atoms with Crippen LogP contribution in [0.4, 0.5) is 0 Å². The van der Waals surface area contributed by atoms with E-state index < -0.39 is 0 Å². The molecule has 2 heterocycles. The van der Waals surface area contributed by atoms with Gasteiger partial charge in [0, 0.05) is 32.4 Å². The molecule has 1 aromatic heterocycles. The lowest BCUT2D eigenvalue weighted by Gasteiger charge is -2.35. The molecule has 1 aromatic carbocycles. The number of morpholine rings is 1. The first-order valence-electron chi connectivity index (χ1n) is 9.24. The van der Waals surface area contributed by atoms with Crippen molar-refractivity contribution in [1.29, 1.82) is 0 Å². The van der Waals surface area contributed by atoms with Crippen molar-refractivity contribution < 1.29 is 9.47 Å². The molecule has 0 bridgehead atoms. The maximum absolute atomic E-state index is 6.05. The van der Waals surface area contributed by atoms with E-state index in [0.717, 1.165) is 24.6 Å². The summed E-state index contributed by atoms with van der Waals surface area (Å²) in [6, 6.07) is 10.4. The van der Waals surface area contributed by atoms with Crippen LogP contribution in [-0.2, 0) is 11.3 Å². The van der Waals surface area contributed by atoms with Crippen LogP contribution in [0.3, 0.4) is 0 Å². The molecule has 1 unspecified atom stereocenters. The molecule has 1 aliphatic heterocycles. The summed E-state index contributed by atoms with van der Waals surface area (Å²) in [5.41, 5.74) is 4.87. The highest BCUT2D eigenvalue weighted by Gasteiger charge is 2.25. The number of nitrogens with zero attached hydrogens (tertiary/aromatic N) is 3. The zero-order valence-corrected chi connectivity index (χ0v) is 19.3. The number of aromatic nitrogens is 1. The van der Waals surface area contributed by atoms with Gasteiger partial charge in [-0.15, -0.1) is 24.0 Å². The molecule has 0 aliphatic carbocycles. The molecule has 0 amide bonds. The minimum atomic E-state index is 0. The summed E-state index contributed by atoms with van der Waals surface area (Å²) < 4.78 is 11.2. The standard InChI is InChI=1S/C21H28N4O2.HI/c1-15-5-7-18(16(2)11-15)19-14-25(9-10-27-19)21(22-3)24-13-17-6-8-20(26-4)23-12-17;/h5-8,11-12,19H,9-10,13-14H2,1-4H3,(H,22,24);1H. The predicted molar refractivity (Wildman–Crippen MR) is 123 cm³/mol. The van der Waals surface area contributed by atoms with Crippen LogP contribution in [-0.4, -0.2) is 49.7 Å². The van der Waals surface area contributed by atoms with Crippen LogP contribution >= 0.6 is 24.0 Å². The third-order valence-corrected chi connectivity index (χ3v) is 4.81. The smallest absolute Gasteiger partial charge is 0.212 e. The summed E-state index contributed by atoms with van der Waals surface area (Å²) in [5.74, 6) is 1.50. The van der Waals surface area contributed by atoms with E-state index in [4.69, 9.17) is 9.47 Å². The molecule has 2 aromatic rings. The Kier molecular flexibility index (Phi) is 8.50. The molecule has 0 radical (unpaired) electrons. The molecule has 1 saturated heterocycles. The number of aryl methyl sites for hydroxylation is 2. The molecule has 1 N–H and O–H groups in total. The number of rotatable bonds is 4.